The summed E-state index contributed by atoms with van der Waals surface area (Å²) >= 11 is 0. The van der Waals surface area contributed by atoms with Crippen molar-refractivity contribution in [2.75, 3.05) is 230 Å². The zero-order valence-electron chi connectivity index (χ0n) is 57.0. The molecule has 0 atom stereocenters. The summed E-state index contributed by atoms with van der Waals surface area (Å²) in [6, 6.07) is 5.29. The van der Waals surface area contributed by atoms with Crippen molar-refractivity contribution in [2.45, 2.75) is 194 Å². The number of hydrogen-bond acceptors (Lipinski definition) is 19. The standard InChI is InChI=1S/C70H135NO18/c1-3-5-7-9-11-13-15-17-19-21-23-25-27-29-33-72-35-37-74-39-41-76-43-45-78-47-49-80-51-53-82-55-57-84-59-61-86-63-65-88-69-32-31-68(71)67-70(69)89-66-64-87-62-60-85-58-56-83-54-52-81-50-48-79-46-44-77-42-40-75-38-36-73-34-30-28-26-24-22-20-18-16-14-12-10-8-6-4-2/h31-32,67H,3-30,33-66,71H2,1-2H3. The van der Waals surface area contributed by atoms with Gasteiger partial charge in [-0.05, 0) is 25.0 Å². The summed E-state index contributed by atoms with van der Waals surface area (Å²) in [5.41, 5.74) is 6.58. The summed E-state index contributed by atoms with van der Waals surface area (Å²) in [6.45, 7) is 22.1. The van der Waals surface area contributed by atoms with Gasteiger partial charge in [0.05, 0.1) is 198 Å². The molecule has 89 heavy (non-hydrogen) atoms. The Kier molecular flexibility index (Phi) is 73.2. The third-order valence-electron chi connectivity index (χ3n) is 14.4. The van der Waals surface area contributed by atoms with Crippen LogP contribution in [0, 0.1) is 0 Å². The number of nitrogens with two attached hydrogens (primary N) is 1. The monoisotopic (exact) mass is 1280 g/mol. The maximum atomic E-state index is 6.01. The molecular weight excluding hydrogens is 1140 g/mol. The van der Waals surface area contributed by atoms with Crippen LogP contribution < -0.4 is 15.2 Å². The van der Waals surface area contributed by atoms with Gasteiger partial charge in [-0.1, -0.05) is 181 Å². The topological polar surface area (TPSA) is 192 Å². The van der Waals surface area contributed by atoms with E-state index in [2.05, 4.69) is 13.8 Å². The quantitative estimate of drug-likeness (QED) is 0.0478. The Morgan fingerprint density at radius 3 is 0.573 bits per heavy atom. The molecule has 0 spiro atoms. The predicted molar refractivity (Wildman–Crippen MR) is 356 cm³/mol. The fourth-order valence-electron chi connectivity index (χ4n) is 9.26. The van der Waals surface area contributed by atoms with Crippen molar-refractivity contribution in [2.24, 2.45) is 0 Å². The highest BCUT2D eigenvalue weighted by molar-refractivity contribution is 5.52. The molecule has 2 N–H and O–H groups in total. The fourth-order valence-corrected chi connectivity index (χ4v) is 9.26. The molecule has 0 heterocycles. The van der Waals surface area contributed by atoms with E-state index in [1.165, 1.54) is 167 Å². The molecule has 0 unspecified atom stereocenters. The largest absolute Gasteiger partial charge is 0.487 e. The van der Waals surface area contributed by atoms with Crippen molar-refractivity contribution in [3.05, 3.63) is 18.2 Å². The van der Waals surface area contributed by atoms with Crippen LogP contribution in [0.1, 0.15) is 194 Å². The van der Waals surface area contributed by atoms with Gasteiger partial charge in [-0.3, -0.25) is 0 Å². The third kappa shape index (κ3) is 70.1. The van der Waals surface area contributed by atoms with E-state index in [-0.39, 0.29) is 0 Å². The minimum atomic E-state index is 0.331. The Hall–Kier alpha value is -2.02. The molecule has 0 aromatic heterocycles. The smallest absolute Gasteiger partial charge is 0.163 e. The molecule has 1 aromatic carbocycles. The van der Waals surface area contributed by atoms with Gasteiger partial charge in [-0.15, -0.1) is 0 Å². The first kappa shape index (κ1) is 85.0. The first-order valence-corrected chi connectivity index (χ1v) is 35.7. The number of unbranched alkanes of at least 4 members (excludes halogenated alkanes) is 26. The normalized spacial score (nSPS) is 11.7. The van der Waals surface area contributed by atoms with Crippen molar-refractivity contribution in [3.63, 3.8) is 0 Å². The number of benzene rings is 1. The number of anilines is 1. The summed E-state index contributed by atoms with van der Waals surface area (Å²) in [4.78, 5) is 0. The van der Waals surface area contributed by atoms with E-state index < -0.39 is 0 Å². The van der Waals surface area contributed by atoms with Crippen molar-refractivity contribution in [1.29, 1.82) is 0 Å². The molecular formula is C70H135NO18. The number of rotatable bonds is 80. The van der Waals surface area contributed by atoms with E-state index in [9.17, 15) is 0 Å². The summed E-state index contributed by atoms with van der Waals surface area (Å²) < 4.78 is 102. The molecule has 1 aromatic rings. The van der Waals surface area contributed by atoms with Crippen LogP contribution in [0.15, 0.2) is 18.2 Å². The van der Waals surface area contributed by atoms with Crippen LogP contribution in [-0.4, -0.2) is 225 Å². The first-order valence-electron chi connectivity index (χ1n) is 35.7. The second-order valence-corrected chi connectivity index (χ2v) is 22.4. The van der Waals surface area contributed by atoms with Gasteiger partial charge < -0.3 is 91.0 Å². The predicted octanol–water partition coefficient (Wildman–Crippen LogP) is 13.3. The molecule has 528 valence electrons. The van der Waals surface area contributed by atoms with Gasteiger partial charge in [0.1, 0.15) is 13.2 Å². The van der Waals surface area contributed by atoms with Gasteiger partial charge in [0.2, 0.25) is 0 Å². The Balaban J connectivity index is 1.74. The lowest BCUT2D eigenvalue weighted by molar-refractivity contribution is -0.0238. The zero-order valence-corrected chi connectivity index (χ0v) is 57.0. The van der Waals surface area contributed by atoms with Crippen LogP contribution in [0.5, 0.6) is 11.5 Å². The molecule has 0 saturated heterocycles. The van der Waals surface area contributed by atoms with Gasteiger partial charge in [0, 0.05) is 25.0 Å². The van der Waals surface area contributed by atoms with Crippen LogP contribution in [0.25, 0.3) is 0 Å². The highest BCUT2D eigenvalue weighted by Crippen LogP contribution is 2.29. The molecule has 0 bridgehead atoms. The van der Waals surface area contributed by atoms with Gasteiger partial charge in [-0.2, -0.15) is 0 Å². The lowest BCUT2D eigenvalue weighted by atomic mass is 10.0. The Morgan fingerprint density at radius 2 is 0.360 bits per heavy atom. The minimum absolute atomic E-state index is 0.331. The molecule has 19 heteroatoms. The van der Waals surface area contributed by atoms with Crippen molar-refractivity contribution >= 4 is 5.69 Å². The summed E-state index contributed by atoms with van der Waals surface area (Å²) in [5, 5.41) is 0. The maximum Gasteiger partial charge on any atom is 0.163 e. The number of hydrogen-bond donors (Lipinski definition) is 1. The highest BCUT2D eigenvalue weighted by Gasteiger charge is 2.08. The molecule has 0 radical (unpaired) electrons. The van der Waals surface area contributed by atoms with Gasteiger partial charge in [-0.25, -0.2) is 0 Å². The molecule has 19 nitrogen and oxygen atoms in total. The Bertz CT molecular complexity index is 1460. The Labute approximate surface area is 542 Å². The van der Waals surface area contributed by atoms with Crippen molar-refractivity contribution < 1.29 is 85.3 Å². The van der Waals surface area contributed by atoms with Gasteiger partial charge >= 0.3 is 0 Å². The molecule has 1 rings (SSSR count). The van der Waals surface area contributed by atoms with Gasteiger partial charge in [0.25, 0.3) is 0 Å². The summed E-state index contributed by atoms with van der Waals surface area (Å²) in [5.74, 6) is 1.13. The SMILES string of the molecule is CCCCCCCCCCCCCCCCOCCOCCOCCOCCOCCOCCOCCOCCOc1ccc(N)cc1OCCOCCOCCOCCOCCOCCOCCOCCOCCCCCCCCCCCCCCCC. The summed E-state index contributed by atoms with van der Waals surface area (Å²) in [6.07, 6.45) is 38.3. The molecule has 0 aliphatic heterocycles. The average Bonchev–Trinajstić information content (AvgIpc) is 3.56. The van der Waals surface area contributed by atoms with E-state index in [1.54, 1.807) is 18.2 Å². The van der Waals surface area contributed by atoms with Crippen LogP contribution in [0.3, 0.4) is 0 Å². The molecule has 0 amide bonds. The lowest BCUT2D eigenvalue weighted by Crippen LogP contribution is -2.15. The fraction of sp³-hybridized carbons (Fsp3) is 0.914. The van der Waals surface area contributed by atoms with E-state index in [0.717, 1.165) is 26.1 Å². The molecule has 0 aliphatic rings. The number of nitrogen functional groups attached to an aromatic ring is 1. The molecule has 0 fully saturated rings. The second kappa shape index (κ2) is 76.7. The van der Waals surface area contributed by atoms with Crippen molar-refractivity contribution in [1.82, 2.24) is 0 Å². The van der Waals surface area contributed by atoms with Crippen LogP contribution >= 0.6 is 0 Å². The Morgan fingerprint density at radius 1 is 0.191 bits per heavy atom. The minimum Gasteiger partial charge on any atom is -0.487 e. The highest BCUT2D eigenvalue weighted by atomic mass is 16.6. The van der Waals surface area contributed by atoms with Crippen LogP contribution in [0.4, 0.5) is 5.69 Å². The maximum absolute atomic E-state index is 6.01. The van der Waals surface area contributed by atoms with E-state index in [4.69, 9.17) is 91.0 Å². The van der Waals surface area contributed by atoms with E-state index >= 15 is 0 Å². The first-order chi connectivity index (χ1) is 44.3. The average molecular weight is 1280 g/mol. The number of ether oxygens (including phenoxy) is 18. The zero-order chi connectivity index (χ0) is 63.4. The van der Waals surface area contributed by atoms with Crippen molar-refractivity contribution in [3.8, 4) is 11.5 Å². The van der Waals surface area contributed by atoms with Crippen LogP contribution in [-0.2, 0) is 75.8 Å². The lowest BCUT2D eigenvalue weighted by Gasteiger charge is -2.14. The second-order valence-electron chi connectivity index (χ2n) is 22.4. The van der Waals surface area contributed by atoms with E-state index in [1.807, 2.05) is 0 Å². The molecule has 0 saturated carbocycles. The molecule has 0 aliphatic carbocycles. The van der Waals surface area contributed by atoms with Crippen LogP contribution in [0.2, 0.25) is 0 Å². The van der Waals surface area contributed by atoms with E-state index in [0.29, 0.717) is 229 Å². The third-order valence-corrected chi connectivity index (χ3v) is 14.4. The summed E-state index contributed by atoms with van der Waals surface area (Å²) in [7, 11) is 0. The van der Waals surface area contributed by atoms with Gasteiger partial charge in [0.15, 0.2) is 11.5 Å².